The molecule has 0 saturated carbocycles. The van der Waals surface area contributed by atoms with E-state index in [9.17, 15) is 4.79 Å². The Hall–Kier alpha value is -2.43. The van der Waals surface area contributed by atoms with Gasteiger partial charge in [0, 0.05) is 18.4 Å². The smallest absolute Gasteiger partial charge is 0.246 e. The van der Waals surface area contributed by atoms with E-state index in [1.165, 1.54) is 5.56 Å². The number of carbonyl (C=O) groups excluding carboxylic acids is 1. The van der Waals surface area contributed by atoms with Crippen LogP contribution in [0.2, 0.25) is 0 Å². The highest BCUT2D eigenvalue weighted by atomic mass is 16.2. The summed E-state index contributed by atoms with van der Waals surface area (Å²) in [5, 5.41) is 3.10. The second kappa shape index (κ2) is 5.52. The van der Waals surface area contributed by atoms with Gasteiger partial charge in [0.15, 0.2) is 0 Å². The number of carbonyl (C=O) groups is 1. The van der Waals surface area contributed by atoms with Crippen molar-refractivity contribution in [2.24, 2.45) is 0 Å². The molecular formula is C16H18N4O. The van der Waals surface area contributed by atoms with E-state index in [1.54, 1.807) is 6.20 Å². The van der Waals surface area contributed by atoms with Crippen LogP contribution in [-0.2, 0) is 11.2 Å². The average Bonchev–Trinajstić information content (AvgIpc) is 2.92. The molecule has 1 aromatic carbocycles. The number of aryl methyl sites for hydroxylation is 2. The molecule has 5 heteroatoms. The van der Waals surface area contributed by atoms with Gasteiger partial charge in [0.25, 0.3) is 0 Å². The number of para-hydroxylation sites is 1. The van der Waals surface area contributed by atoms with Crippen molar-refractivity contribution in [2.45, 2.75) is 20.3 Å². The van der Waals surface area contributed by atoms with E-state index in [1.807, 2.05) is 36.9 Å². The summed E-state index contributed by atoms with van der Waals surface area (Å²) in [6, 6.07) is 8.05. The molecule has 1 aliphatic heterocycles. The van der Waals surface area contributed by atoms with Crippen LogP contribution in [-0.4, -0.2) is 29.0 Å². The Labute approximate surface area is 124 Å². The minimum Gasteiger partial charge on any atom is -0.359 e. The highest BCUT2D eigenvalue weighted by Crippen LogP contribution is 2.27. The SMILES string of the molecule is Cc1cnc(C)c(NCC(=O)N2CCc3ccccc32)n1. The van der Waals surface area contributed by atoms with Crippen LogP contribution in [0.25, 0.3) is 0 Å². The van der Waals surface area contributed by atoms with Crippen LogP contribution in [0, 0.1) is 13.8 Å². The maximum absolute atomic E-state index is 12.4. The summed E-state index contributed by atoms with van der Waals surface area (Å²) in [4.78, 5) is 22.8. The van der Waals surface area contributed by atoms with Crippen molar-refractivity contribution in [3.8, 4) is 0 Å². The van der Waals surface area contributed by atoms with E-state index >= 15 is 0 Å². The van der Waals surface area contributed by atoms with Crippen LogP contribution in [0.3, 0.4) is 0 Å². The van der Waals surface area contributed by atoms with Crippen LogP contribution < -0.4 is 10.2 Å². The summed E-state index contributed by atoms with van der Waals surface area (Å²) in [5.74, 6) is 0.735. The van der Waals surface area contributed by atoms with Gasteiger partial charge in [-0.15, -0.1) is 0 Å². The number of aromatic nitrogens is 2. The maximum Gasteiger partial charge on any atom is 0.246 e. The van der Waals surface area contributed by atoms with Gasteiger partial charge < -0.3 is 10.2 Å². The highest BCUT2D eigenvalue weighted by Gasteiger charge is 2.23. The molecule has 1 aromatic heterocycles. The standard InChI is InChI=1S/C16H18N4O/c1-11-9-17-12(2)16(19-11)18-10-15(21)20-8-7-13-5-3-4-6-14(13)20/h3-6,9H,7-8,10H2,1-2H3,(H,18,19). The summed E-state index contributed by atoms with van der Waals surface area (Å²) in [6.45, 7) is 4.74. The van der Waals surface area contributed by atoms with Crippen molar-refractivity contribution in [1.82, 2.24) is 9.97 Å². The molecule has 2 heterocycles. The zero-order valence-electron chi connectivity index (χ0n) is 12.3. The molecule has 0 bridgehead atoms. The van der Waals surface area contributed by atoms with E-state index in [0.717, 1.165) is 30.0 Å². The monoisotopic (exact) mass is 282 g/mol. The fourth-order valence-electron chi connectivity index (χ4n) is 2.56. The van der Waals surface area contributed by atoms with E-state index in [2.05, 4.69) is 21.4 Å². The number of rotatable bonds is 3. The minimum atomic E-state index is 0.0580. The summed E-state index contributed by atoms with van der Waals surface area (Å²) >= 11 is 0. The van der Waals surface area contributed by atoms with Gasteiger partial charge >= 0.3 is 0 Å². The number of nitrogens with zero attached hydrogens (tertiary/aromatic N) is 3. The predicted molar refractivity (Wildman–Crippen MR) is 82.5 cm³/mol. The van der Waals surface area contributed by atoms with Gasteiger partial charge in [-0.25, -0.2) is 4.98 Å². The molecule has 5 nitrogen and oxygen atoms in total. The normalized spacial score (nSPS) is 13.1. The molecule has 1 amide bonds. The fraction of sp³-hybridized carbons (Fsp3) is 0.312. The van der Waals surface area contributed by atoms with Crippen molar-refractivity contribution in [3.63, 3.8) is 0 Å². The number of benzene rings is 1. The summed E-state index contributed by atoms with van der Waals surface area (Å²) < 4.78 is 0. The molecule has 0 radical (unpaired) electrons. The number of hydrogen-bond acceptors (Lipinski definition) is 4. The second-order valence-corrected chi connectivity index (χ2v) is 5.22. The molecule has 108 valence electrons. The molecule has 0 atom stereocenters. The Morgan fingerprint density at radius 2 is 2.14 bits per heavy atom. The molecule has 0 saturated heterocycles. The maximum atomic E-state index is 12.4. The van der Waals surface area contributed by atoms with Crippen molar-refractivity contribution in [2.75, 3.05) is 23.3 Å². The van der Waals surface area contributed by atoms with Gasteiger partial charge in [-0.3, -0.25) is 9.78 Å². The largest absolute Gasteiger partial charge is 0.359 e. The molecule has 0 fully saturated rings. The first kappa shape index (κ1) is 13.5. The van der Waals surface area contributed by atoms with Crippen molar-refractivity contribution in [1.29, 1.82) is 0 Å². The van der Waals surface area contributed by atoms with Crippen molar-refractivity contribution >= 4 is 17.4 Å². The van der Waals surface area contributed by atoms with Gasteiger partial charge in [-0.2, -0.15) is 0 Å². The molecule has 0 spiro atoms. The Balaban J connectivity index is 1.69. The lowest BCUT2D eigenvalue weighted by molar-refractivity contribution is -0.116. The molecule has 0 aliphatic carbocycles. The van der Waals surface area contributed by atoms with Gasteiger partial charge in [0.1, 0.15) is 5.82 Å². The van der Waals surface area contributed by atoms with E-state index in [-0.39, 0.29) is 12.5 Å². The number of nitrogens with one attached hydrogen (secondary N) is 1. The predicted octanol–water partition coefficient (Wildman–Crippen LogP) is 2.09. The first-order valence-corrected chi connectivity index (χ1v) is 7.07. The second-order valence-electron chi connectivity index (χ2n) is 5.22. The third-order valence-corrected chi connectivity index (χ3v) is 3.67. The van der Waals surface area contributed by atoms with Gasteiger partial charge in [-0.1, -0.05) is 18.2 Å². The molecule has 2 aromatic rings. The van der Waals surface area contributed by atoms with Crippen LogP contribution >= 0.6 is 0 Å². The highest BCUT2D eigenvalue weighted by molar-refractivity contribution is 5.97. The molecule has 3 rings (SSSR count). The Morgan fingerprint density at radius 1 is 1.33 bits per heavy atom. The van der Waals surface area contributed by atoms with E-state index in [0.29, 0.717) is 5.82 Å². The summed E-state index contributed by atoms with van der Waals surface area (Å²) in [5.41, 5.74) is 3.89. The number of hydrogen-bond donors (Lipinski definition) is 1. The fourth-order valence-corrected chi connectivity index (χ4v) is 2.56. The van der Waals surface area contributed by atoms with Gasteiger partial charge in [0.2, 0.25) is 5.91 Å². The first-order valence-electron chi connectivity index (χ1n) is 7.07. The van der Waals surface area contributed by atoms with Gasteiger partial charge in [-0.05, 0) is 31.9 Å². The average molecular weight is 282 g/mol. The van der Waals surface area contributed by atoms with Crippen molar-refractivity contribution < 1.29 is 4.79 Å². The van der Waals surface area contributed by atoms with Crippen LogP contribution in [0.1, 0.15) is 17.0 Å². The van der Waals surface area contributed by atoms with Crippen LogP contribution in [0.15, 0.2) is 30.5 Å². The first-order chi connectivity index (χ1) is 10.1. The molecule has 0 unspecified atom stereocenters. The third-order valence-electron chi connectivity index (χ3n) is 3.67. The van der Waals surface area contributed by atoms with Crippen LogP contribution in [0.5, 0.6) is 0 Å². The zero-order valence-corrected chi connectivity index (χ0v) is 12.3. The minimum absolute atomic E-state index is 0.0580. The number of fused-ring (bicyclic) bond motifs is 1. The summed E-state index contributed by atoms with van der Waals surface area (Å²) in [7, 11) is 0. The molecule has 21 heavy (non-hydrogen) atoms. The van der Waals surface area contributed by atoms with Crippen molar-refractivity contribution in [3.05, 3.63) is 47.4 Å². The third kappa shape index (κ3) is 2.72. The summed E-state index contributed by atoms with van der Waals surface area (Å²) in [6.07, 6.45) is 2.64. The number of amides is 1. The zero-order chi connectivity index (χ0) is 14.8. The van der Waals surface area contributed by atoms with E-state index in [4.69, 9.17) is 0 Å². The van der Waals surface area contributed by atoms with Gasteiger partial charge in [0.05, 0.1) is 17.9 Å². The Kier molecular flexibility index (Phi) is 3.56. The lowest BCUT2D eigenvalue weighted by atomic mass is 10.2. The topological polar surface area (TPSA) is 58.1 Å². The quantitative estimate of drug-likeness (QED) is 0.936. The Morgan fingerprint density at radius 3 is 3.00 bits per heavy atom. The molecular weight excluding hydrogens is 264 g/mol. The lowest BCUT2D eigenvalue weighted by Crippen LogP contribution is -2.34. The number of anilines is 2. The molecule has 1 N–H and O–H groups in total. The van der Waals surface area contributed by atoms with E-state index < -0.39 is 0 Å². The molecule has 1 aliphatic rings. The lowest BCUT2D eigenvalue weighted by Gasteiger charge is -2.18. The van der Waals surface area contributed by atoms with Crippen LogP contribution in [0.4, 0.5) is 11.5 Å². The Bertz CT molecular complexity index is 684.